The molecule has 3 heteroatoms. The van der Waals surface area contributed by atoms with Gasteiger partial charge in [0.05, 0.1) is 12.3 Å². The summed E-state index contributed by atoms with van der Waals surface area (Å²) in [6.07, 6.45) is 4.19. The largest absolute Gasteiger partial charge is 0.392 e. The van der Waals surface area contributed by atoms with Crippen LogP contribution in [0.25, 0.3) is 0 Å². The number of nitrogens with zero attached hydrogens (tertiary/aromatic N) is 2. The van der Waals surface area contributed by atoms with Crippen molar-refractivity contribution in [3.8, 4) is 0 Å². The van der Waals surface area contributed by atoms with Crippen molar-refractivity contribution in [2.45, 2.75) is 73.5 Å². The fourth-order valence-electron chi connectivity index (χ4n) is 2.40. The third-order valence-corrected chi connectivity index (χ3v) is 3.37. The third-order valence-electron chi connectivity index (χ3n) is 3.37. The van der Waals surface area contributed by atoms with E-state index in [1.807, 2.05) is 0 Å². The van der Waals surface area contributed by atoms with Gasteiger partial charge in [0.1, 0.15) is 0 Å². The fraction of sp³-hybridized carbons (Fsp3) is 0.800. The lowest BCUT2D eigenvalue weighted by Crippen LogP contribution is -2.10. The van der Waals surface area contributed by atoms with Crippen LogP contribution >= 0.6 is 0 Å². The maximum atomic E-state index is 9.48. The molecule has 0 aromatic carbocycles. The average Bonchev–Trinajstić information content (AvgIpc) is 2.64. The molecule has 0 aliphatic heterocycles. The third kappa shape index (κ3) is 3.84. The smallest absolute Gasteiger partial charge is 0.0718 e. The highest BCUT2D eigenvalue weighted by Crippen LogP contribution is 2.22. The summed E-state index contributed by atoms with van der Waals surface area (Å²) in [6, 6.07) is 0. The summed E-state index contributed by atoms with van der Waals surface area (Å²) in [7, 11) is 0. The average molecular weight is 252 g/mol. The van der Waals surface area contributed by atoms with Gasteiger partial charge in [-0.05, 0) is 31.1 Å². The second-order valence-corrected chi connectivity index (χ2v) is 6.12. The van der Waals surface area contributed by atoms with Crippen molar-refractivity contribution >= 4 is 0 Å². The predicted molar refractivity (Wildman–Crippen MR) is 75.6 cm³/mol. The molecule has 3 nitrogen and oxygen atoms in total. The first-order valence-corrected chi connectivity index (χ1v) is 7.11. The van der Waals surface area contributed by atoms with Crippen LogP contribution in [0, 0.1) is 5.41 Å². The van der Waals surface area contributed by atoms with E-state index in [1.54, 1.807) is 0 Å². The van der Waals surface area contributed by atoms with Crippen LogP contribution < -0.4 is 0 Å². The summed E-state index contributed by atoms with van der Waals surface area (Å²) in [5, 5.41) is 14.1. The number of hydrogen-bond acceptors (Lipinski definition) is 2. The zero-order valence-corrected chi connectivity index (χ0v) is 12.6. The summed E-state index contributed by atoms with van der Waals surface area (Å²) in [5.74, 6) is 0. The van der Waals surface area contributed by atoms with Crippen LogP contribution in [0.15, 0.2) is 0 Å². The maximum Gasteiger partial charge on any atom is 0.0718 e. The van der Waals surface area contributed by atoms with Gasteiger partial charge in [0.2, 0.25) is 0 Å². The Bertz CT molecular complexity index is 375. The van der Waals surface area contributed by atoms with Crippen molar-refractivity contribution in [2.24, 2.45) is 5.41 Å². The van der Waals surface area contributed by atoms with E-state index in [0.29, 0.717) is 5.41 Å². The van der Waals surface area contributed by atoms with Crippen LogP contribution in [0.1, 0.15) is 64.4 Å². The zero-order chi connectivity index (χ0) is 13.8. The highest BCUT2D eigenvalue weighted by atomic mass is 16.3. The molecule has 0 fully saturated rings. The number of rotatable bonds is 6. The van der Waals surface area contributed by atoms with Gasteiger partial charge < -0.3 is 5.11 Å². The predicted octanol–water partition coefficient (Wildman–Crippen LogP) is 3.33. The molecule has 0 spiro atoms. The molecule has 0 unspecified atom stereocenters. The number of aromatic nitrogens is 2. The minimum Gasteiger partial charge on any atom is -0.392 e. The SMILES string of the molecule is CCc1nn(CCCC(C)(C)C)c(CC)c1CO. The van der Waals surface area contributed by atoms with Crippen LogP contribution in [0.3, 0.4) is 0 Å². The monoisotopic (exact) mass is 252 g/mol. The van der Waals surface area contributed by atoms with Crippen molar-refractivity contribution in [3.05, 3.63) is 17.0 Å². The fourth-order valence-corrected chi connectivity index (χ4v) is 2.40. The molecule has 104 valence electrons. The molecule has 18 heavy (non-hydrogen) atoms. The quantitative estimate of drug-likeness (QED) is 0.843. The Morgan fingerprint density at radius 1 is 1.17 bits per heavy atom. The normalized spacial score (nSPS) is 12.1. The van der Waals surface area contributed by atoms with Gasteiger partial charge in [-0.2, -0.15) is 5.10 Å². The van der Waals surface area contributed by atoms with Gasteiger partial charge in [0, 0.05) is 17.8 Å². The summed E-state index contributed by atoms with van der Waals surface area (Å²) in [4.78, 5) is 0. The van der Waals surface area contributed by atoms with E-state index in [-0.39, 0.29) is 6.61 Å². The lowest BCUT2D eigenvalue weighted by atomic mass is 9.91. The molecule has 0 radical (unpaired) electrons. The Morgan fingerprint density at radius 3 is 2.28 bits per heavy atom. The standard InChI is InChI=1S/C15H28N2O/c1-6-13-12(11-18)14(7-2)17(16-13)10-8-9-15(3,4)5/h18H,6-11H2,1-5H3. The molecule has 0 saturated carbocycles. The van der Waals surface area contributed by atoms with E-state index in [1.165, 1.54) is 12.1 Å². The second-order valence-electron chi connectivity index (χ2n) is 6.12. The Hall–Kier alpha value is -0.830. The molecule has 0 aliphatic rings. The molecule has 1 aromatic rings. The molecule has 0 amide bonds. The Balaban J connectivity index is 2.79. The van der Waals surface area contributed by atoms with Crippen molar-refractivity contribution in [1.29, 1.82) is 0 Å². The highest BCUT2D eigenvalue weighted by Gasteiger charge is 2.15. The first-order valence-electron chi connectivity index (χ1n) is 7.11. The Labute approximate surface area is 111 Å². The molecule has 1 rings (SSSR count). The number of aliphatic hydroxyl groups excluding tert-OH is 1. The summed E-state index contributed by atoms with van der Waals surface area (Å²) in [6.45, 7) is 12.1. The molecule has 0 atom stereocenters. The first-order chi connectivity index (χ1) is 8.42. The van der Waals surface area contributed by atoms with Crippen LogP contribution in [-0.2, 0) is 26.0 Å². The summed E-state index contributed by atoms with van der Waals surface area (Å²) < 4.78 is 2.11. The molecule has 0 bridgehead atoms. The molecule has 1 aromatic heterocycles. The van der Waals surface area contributed by atoms with Gasteiger partial charge in [-0.3, -0.25) is 4.68 Å². The molecular formula is C15H28N2O. The van der Waals surface area contributed by atoms with E-state index in [9.17, 15) is 5.11 Å². The van der Waals surface area contributed by atoms with E-state index >= 15 is 0 Å². The minimum absolute atomic E-state index is 0.117. The van der Waals surface area contributed by atoms with Gasteiger partial charge in [-0.1, -0.05) is 34.6 Å². The Kier molecular flexibility index (Phi) is 5.39. The molecule has 0 aliphatic carbocycles. The van der Waals surface area contributed by atoms with Crippen LogP contribution in [0.4, 0.5) is 0 Å². The van der Waals surface area contributed by atoms with Crippen LogP contribution in [0.5, 0.6) is 0 Å². The lowest BCUT2D eigenvalue weighted by molar-refractivity contribution is 0.279. The Morgan fingerprint density at radius 2 is 1.83 bits per heavy atom. The van der Waals surface area contributed by atoms with Gasteiger partial charge in [0.25, 0.3) is 0 Å². The van der Waals surface area contributed by atoms with Crippen LogP contribution in [0.2, 0.25) is 0 Å². The highest BCUT2D eigenvalue weighted by molar-refractivity contribution is 5.25. The van der Waals surface area contributed by atoms with Crippen LogP contribution in [-0.4, -0.2) is 14.9 Å². The number of hydrogen-bond donors (Lipinski definition) is 1. The van der Waals surface area contributed by atoms with E-state index in [2.05, 4.69) is 44.4 Å². The maximum absolute atomic E-state index is 9.48. The van der Waals surface area contributed by atoms with Crippen molar-refractivity contribution < 1.29 is 5.11 Å². The zero-order valence-electron chi connectivity index (χ0n) is 12.6. The summed E-state index contributed by atoms with van der Waals surface area (Å²) >= 11 is 0. The topological polar surface area (TPSA) is 38.0 Å². The second kappa shape index (κ2) is 6.37. The van der Waals surface area contributed by atoms with Crippen molar-refractivity contribution in [3.63, 3.8) is 0 Å². The lowest BCUT2D eigenvalue weighted by Gasteiger charge is -2.18. The molecular weight excluding hydrogens is 224 g/mol. The van der Waals surface area contributed by atoms with Crippen molar-refractivity contribution in [1.82, 2.24) is 9.78 Å². The van der Waals surface area contributed by atoms with Gasteiger partial charge in [0.15, 0.2) is 0 Å². The van der Waals surface area contributed by atoms with E-state index in [4.69, 9.17) is 0 Å². The molecule has 1 N–H and O–H groups in total. The van der Waals surface area contributed by atoms with E-state index in [0.717, 1.165) is 37.1 Å². The summed E-state index contributed by atoms with van der Waals surface area (Å²) in [5.41, 5.74) is 3.71. The minimum atomic E-state index is 0.117. The molecule has 0 saturated heterocycles. The molecule has 1 heterocycles. The van der Waals surface area contributed by atoms with Gasteiger partial charge >= 0.3 is 0 Å². The number of aryl methyl sites for hydroxylation is 2. The number of aliphatic hydroxyl groups is 1. The van der Waals surface area contributed by atoms with Gasteiger partial charge in [-0.15, -0.1) is 0 Å². The first kappa shape index (κ1) is 15.2. The van der Waals surface area contributed by atoms with Crippen molar-refractivity contribution in [2.75, 3.05) is 0 Å². The van der Waals surface area contributed by atoms with E-state index < -0.39 is 0 Å². The van der Waals surface area contributed by atoms with Gasteiger partial charge in [-0.25, -0.2) is 0 Å².